The molecule has 8 atom stereocenters. The third kappa shape index (κ3) is 5.53. The second-order valence-electron chi connectivity index (χ2n) is 13.1. The summed E-state index contributed by atoms with van der Waals surface area (Å²) in [7, 11) is -1.53. The molecule has 0 aromatic heterocycles. The Hall–Kier alpha value is -0.863. The van der Waals surface area contributed by atoms with E-state index < -0.39 is 8.07 Å². The summed E-state index contributed by atoms with van der Waals surface area (Å²) < 4.78 is 5.97. The predicted octanol–water partition coefficient (Wildman–Crippen LogP) is 8.98. The molecule has 33 heavy (non-hydrogen) atoms. The lowest BCUT2D eigenvalue weighted by atomic mass is 9.91. The van der Waals surface area contributed by atoms with Crippen LogP contribution < -0.4 is 0 Å². The molecule has 1 nitrogen and oxygen atoms in total. The van der Waals surface area contributed by atoms with Gasteiger partial charge in [-0.2, -0.15) is 0 Å². The van der Waals surface area contributed by atoms with Crippen LogP contribution in [0, 0.1) is 35.5 Å². The highest BCUT2D eigenvalue weighted by atomic mass is 28.3. The third-order valence-electron chi connectivity index (χ3n) is 9.61. The van der Waals surface area contributed by atoms with E-state index in [-0.39, 0.29) is 5.60 Å². The monoisotopic (exact) mass is 466 g/mol. The normalized spacial score (nSPS) is 39.0. The zero-order valence-corrected chi connectivity index (χ0v) is 23.3. The first-order chi connectivity index (χ1) is 15.7. The molecule has 0 N–H and O–H groups in total. The van der Waals surface area contributed by atoms with E-state index in [4.69, 9.17) is 4.74 Å². The Bertz CT molecular complexity index is 720. The molecule has 2 heteroatoms. The van der Waals surface area contributed by atoms with Gasteiger partial charge in [-0.1, -0.05) is 94.3 Å². The number of hydrogen-bond acceptors (Lipinski definition) is 1. The molecular weight excluding hydrogens is 416 g/mol. The molecule has 0 amide bonds. The van der Waals surface area contributed by atoms with Crippen molar-refractivity contribution in [1.82, 2.24) is 0 Å². The van der Waals surface area contributed by atoms with Crippen molar-refractivity contribution in [2.75, 3.05) is 6.61 Å². The van der Waals surface area contributed by atoms with E-state index in [9.17, 15) is 0 Å². The molecule has 0 aromatic rings. The lowest BCUT2D eigenvalue weighted by molar-refractivity contribution is -0.00471. The number of unbranched alkanes of at least 4 members (excludes halogenated alkanes) is 3. The maximum Gasteiger partial charge on any atom is 0.0598 e. The van der Waals surface area contributed by atoms with Crippen LogP contribution in [0.5, 0.6) is 0 Å². The molecule has 0 saturated heterocycles. The molecule has 0 heterocycles. The van der Waals surface area contributed by atoms with Crippen molar-refractivity contribution in [3.05, 3.63) is 48.6 Å². The van der Waals surface area contributed by atoms with E-state index in [1.165, 1.54) is 44.6 Å². The van der Waals surface area contributed by atoms with Gasteiger partial charge in [0.05, 0.1) is 13.7 Å². The second kappa shape index (κ2) is 10.4. The fourth-order valence-corrected chi connectivity index (χ4v) is 16.0. The Morgan fingerprint density at radius 1 is 0.727 bits per heavy atom. The first-order valence-electron chi connectivity index (χ1n) is 14.0. The van der Waals surface area contributed by atoms with Gasteiger partial charge in [0.15, 0.2) is 0 Å². The Morgan fingerprint density at radius 3 is 1.73 bits per heavy atom. The molecule has 0 aliphatic heterocycles. The molecule has 0 bridgehead atoms. The number of rotatable bonds is 9. The highest BCUT2D eigenvalue weighted by Gasteiger charge is 2.57. The average Bonchev–Trinajstić information content (AvgIpc) is 3.27. The van der Waals surface area contributed by atoms with Crippen LogP contribution in [0.25, 0.3) is 0 Å². The van der Waals surface area contributed by atoms with Crippen molar-refractivity contribution in [3.63, 3.8) is 0 Å². The Kier molecular flexibility index (Phi) is 7.96. The van der Waals surface area contributed by atoms with Crippen LogP contribution in [-0.4, -0.2) is 20.3 Å². The number of allylic oxidation sites excluding steroid dienone is 8. The summed E-state index contributed by atoms with van der Waals surface area (Å²) in [5.74, 6) is 4.95. The molecule has 0 aromatic carbocycles. The van der Waals surface area contributed by atoms with Crippen molar-refractivity contribution in [2.45, 2.75) is 102 Å². The van der Waals surface area contributed by atoms with Gasteiger partial charge in [-0.15, -0.1) is 0 Å². The van der Waals surface area contributed by atoms with Crippen LogP contribution in [0.3, 0.4) is 0 Å². The van der Waals surface area contributed by atoms with Gasteiger partial charge < -0.3 is 4.74 Å². The summed E-state index contributed by atoms with van der Waals surface area (Å²) in [4.78, 5) is 0. The maximum absolute atomic E-state index is 5.97. The maximum atomic E-state index is 5.97. The van der Waals surface area contributed by atoms with E-state index >= 15 is 0 Å². The van der Waals surface area contributed by atoms with Crippen molar-refractivity contribution < 1.29 is 4.74 Å². The van der Waals surface area contributed by atoms with Crippen LogP contribution in [0.1, 0.15) is 73.1 Å². The van der Waals surface area contributed by atoms with Crippen molar-refractivity contribution in [1.29, 1.82) is 0 Å². The Balaban J connectivity index is 1.48. The fourth-order valence-electron chi connectivity index (χ4n) is 8.57. The molecule has 0 radical (unpaired) electrons. The molecule has 0 spiro atoms. The smallest absolute Gasteiger partial charge is 0.0598 e. The molecule has 2 fully saturated rings. The summed E-state index contributed by atoms with van der Waals surface area (Å²) in [6.45, 7) is 15.5. The van der Waals surface area contributed by atoms with E-state index in [0.29, 0.717) is 0 Å². The number of hydrogen-bond donors (Lipinski definition) is 0. The van der Waals surface area contributed by atoms with Gasteiger partial charge >= 0.3 is 0 Å². The van der Waals surface area contributed by atoms with Gasteiger partial charge in [-0.25, -0.2) is 0 Å². The topological polar surface area (TPSA) is 9.23 Å². The quantitative estimate of drug-likeness (QED) is 0.243. The summed E-state index contributed by atoms with van der Waals surface area (Å²) >= 11 is 0. The molecule has 184 valence electrons. The lowest BCUT2D eigenvalue weighted by Crippen LogP contribution is -2.48. The molecule has 2 saturated carbocycles. The van der Waals surface area contributed by atoms with Crippen molar-refractivity contribution in [2.24, 2.45) is 35.5 Å². The highest BCUT2D eigenvalue weighted by molar-refractivity contribution is 6.81. The summed E-state index contributed by atoms with van der Waals surface area (Å²) in [5.41, 5.74) is 1.89. The lowest BCUT2D eigenvalue weighted by Gasteiger charge is -2.48. The Morgan fingerprint density at radius 2 is 1.21 bits per heavy atom. The van der Waals surface area contributed by atoms with Gasteiger partial charge in [0.25, 0.3) is 0 Å². The average molecular weight is 467 g/mol. The summed E-state index contributed by atoms with van der Waals surface area (Å²) in [5, 5.41) is 0. The SMILES string of the molecule is CC1CC2C=CC=CC2C1[Si](C)(CCCCCCOC(C)(C)C)C1C(C)CC2C=CC=CC21. The zero-order valence-electron chi connectivity index (χ0n) is 22.3. The number of fused-ring (bicyclic) bond motifs is 2. The van der Waals surface area contributed by atoms with E-state index in [1.807, 2.05) is 0 Å². The minimum atomic E-state index is -1.53. The molecule has 8 unspecified atom stereocenters. The van der Waals surface area contributed by atoms with E-state index in [0.717, 1.165) is 53.2 Å². The highest BCUT2D eigenvalue weighted by Crippen LogP contribution is 2.63. The van der Waals surface area contributed by atoms with Crippen LogP contribution in [-0.2, 0) is 4.74 Å². The summed E-state index contributed by atoms with van der Waals surface area (Å²) in [6.07, 6.45) is 27.8. The fraction of sp³-hybridized carbons (Fsp3) is 0.742. The van der Waals surface area contributed by atoms with Gasteiger partial charge in [0, 0.05) is 6.61 Å². The van der Waals surface area contributed by atoms with Gasteiger partial charge in [-0.05, 0) is 86.6 Å². The van der Waals surface area contributed by atoms with Crippen LogP contribution in [0.4, 0.5) is 0 Å². The minimum Gasteiger partial charge on any atom is -0.376 e. The van der Waals surface area contributed by atoms with E-state index in [1.54, 1.807) is 0 Å². The molecule has 4 rings (SSSR count). The first kappa shape index (κ1) is 25.2. The predicted molar refractivity (Wildman–Crippen MR) is 146 cm³/mol. The standard InChI is InChI=1S/C31H50OSi/c1-23-21-25-15-9-11-17-27(25)29(23)33(6,20-14-8-7-13-19-32-31(3,4)5)30-24(2)22-26-16-10-12-18-28(26)30/h9-12,15-18,23-30H,7-8,13-14,19-22H2,1-6H3. The van der Waals surface area contributed by atoms with Crippen molar-refractivity contribution >= 4 is 8.07 Å². The van der Waals surface area contributed by atoms with Crippen molar-refractivity contribution in [3.8, 4) is 0 Å². The first-order valence-corrected chi connectivity index (χ1v) is 16.9. The molecule has 4 aliphatic carbocycles. The number of ether oxygens (including phenoxy) is 1. The molecule has 4 aliphatic rings. The zero-order chi connectivity index (χ0) is 23.6. The van der Waals surface area contributed by atoms with Gasteiger partial charge in [-0.3, -0.25) is 0 Å². The van der Waals surface area contributed by atoms with Gasteiger partial charge in [0.1, 0.15) is 0 Å². The summed E-state index contributed by atoms with van der Waals surface area (Å²) in [6, 6.07) is 1.53. The minimum absolute atomic E-state index is 0.000286. The third-order valence-corrected chi connectivity index (χ3v) is 16.0. The van der Waals surface area contributed by atoms with Crippen LogP contribution >= 0.6 is 0 Å². The largest absolute Gasteiger partial charge is 0.376 e. The van der Waals surface area contributed by atoms with Crippen LogP contribution in [0.2, 0.25) is 23.7 Å². The molecular formula is C31H50OSi. The Labute approximate surface area is 205 Å². The van der Waals surface area contributed by atoms with E-state index in [2.05, 4.69) is 89.8 Å². The van der Waals surface area contributed by atoms with Gasteiger partial charge in [0.2, 0.25) is 0 Å². The van der Waals surface area contributed by atoms with Crippen LogP contribution in [0.15, 0.2) is 48.6 Å². The second-order valence-corrected chi connectivity index (χ2v) is 18.0.